The number of aliphatic hydroxyl groups is 1. The van der Waals surface area contributed by atoms with E-state index in [4.69, 9.17) is 13.9 Å². The summed E-state index contributed by atoms with van der Waals surface area (Å²) in [4.78, 5) is 15.3. The molecule has 1 aliphatic heterocycles. The van der Waals surface area contributed by atoms with Gasteiger partial charge in [-0.05, 0) is 48.7 Å². The molecular weight excluding hydrogens is 497 g/mol. The molecule has 1 aromatic heterocycles. The number of halogens is 1. The van der Waals surface area contributed by atoms with Crippen LogP contribution in [0.4, 0.5) is 0 Å². The molecule has 158 valence electrons. The van der Waals surface area contributed by atoms with Gasteiger partial charge in [-0.2, -0.15) is 0 Å². The number of benzene rings is 2. The highest BCUT2D eigenvalue weighted by atomic mass is 127. The molecule has 0 radical (unpaired) electrons. The van der Waals surface area contributed by atoms with Crippen LogP contribution in [0.2, 0.25) is 0 Å². The van der Waals surface area contributed by atoms with Gasteiger partial charge in [0.15, 0.2) is 5.43 Å². The van der Waals surface area contributed by atoms with E-state index in [0.717, 1.165) is 27.7 Å². The van der Waals surface area contributed by atoms with Crippen LogP contribution in [0.3, 0.4) is 0 Å². The lowest BCUT2D eigenvalue weighted by Crippen LogP contribution is -2.32. The van der Waals surface area contributed by atoms with Gasteiger partial charge >= 0.3 is 0 Å². The molecule has 0 spiro atoms. The average Bonchev–Trinajstić information content (AvgIpc) is 3.12. The van der Waals surface area contributed by atoms with Gasteiger partial charge in [0.05, 0.1) is 20.8 Å². The zero-order chi connectivity index (χ0) is 21.4. The van der Waals surface area contributed by atoms with Crippen molar-refractivity contribution in [1.82, 2.24) is 4.90 Å². The summed E-state index contributed by atoms with van der Waals surface area (Å²) in [6.07, 6.45) is 0.830. The molecule has 2 atom stereocenters. The molecule has 0 aliphatic carbocycles. The fourth-order valence-corrected chi connectivity index (χ4v) is 5.04. The molecule has 6 nitrogen and oxygen atoms in total. The van der Waals surface area contributed by atoms with Crippen molar-refractivity contribution in [2.75, 3.05) is 34.4 Å². The fraction of sp³-hybridized carbons (Fsp3) is 0.348. The molecule has 1 aliphatic rings. The SMILES string of the molecule is COc1cc(OC)c2c(=O)cc(-c3ccccc3I)oc2c1[C@@H]1CCN(C)[C@H]1CO. The number of hydrogen-bond acceptors (Lipinski definition) is 6. The number of likely N-dealkylation sites (N-methyl/N-ethyl adjacent to an activating group) is 1. The number of ether oxygens (including phenoxy) is 2. The van der Waals surface area contributed by atoms with Crippen molar-refractivity contribution in [3.63, 3.8) is 0 Å². The molecule has 1 saturated heterocycles. The molecule has 2 aromatic carbocycles. The first-order chi connectivity index (χ1) is 14.5. The molecule has 4 rings (SSSR count). The standard InChI is InChI=1S/C23H24INO5/c1-25-9-8-14(16(25)12-26)21-19(28-2)11-20(29-3)22-17(27)10-18(30-23(21)22)13-6-4-5-7-15(13)24/h4-7,10-11,14,16,26H,8-9,12H2,1-3H3/t14-,16+/m1/s1. The summed E-state index contributed by atoms with van der Waals surface area (Å²) in [5.74, 6) is 1.49. The number of nitrogens with zero attached hydrogens (tertiary/aromatic N) is 1. The van der Waals surface area contributed by atoms with Crippen molar-refractivity contribution in [2.24, 2.45) is 0 Å². The van der Waals surface area contributed by atoms with E-state index in [1.54, 1.807) is 13.2 Å². The van der Waals surface area contributed by atoms with Crippen molar-refractivity contribution >= 4 is 33.6 Å². The topological polar surface area (TPSA) is 72.1 Å². The number of hydrogen-bond donors (Lipinski definition) is 1. The summed E-state index contributed by atoms with van der Waals surface area (Å²) in [7, 11) is 5.12. The van der Waals surface area contributed by atoms with Crippen LogP contribution in [0.1, 0.15) is 17.9 Å². The maximum absolute atomic E-state index is 13.2. The first-order valence-corrected chi connectivity index (χ1v) is 10.9. The smallest absolute Gasteiger partial charge is 0.197 e. The van der Waals surface area contributed by atoms with Crippen molar-refractivity contribution in [3.8, 4) is 22.8 Å². The van der Waals surface area contributed by atoms with E-state index in [1.807, 2.05) is 31.3 Å². The van der Waals surface area contributed by atoms with E-state index in [-0.39, 0.29) is 24.0 Å². The Bertz CT molecular complexity index is 1140. The monoisotopic (exact) mass is 521 g/mol. The van der Waals surface area contributed by atoms with E-state index in [2.05, 4.69) is 27.5 Å². The lowest BCUT2D eigenvalue weighted by atomic mass is 9.89. The zero-order valence-corrected chi connectivity index (χ0v) is 19.3. The Kier molecular flexibility index (Phi) is 6.04. The third-order valence-corrected chi connectivity index (χ3v) is 6.87. The summed E-state index contributed by atoms with van der Waals surface area (Å²) in [6, 6.07) is 11.0. The Balaban J connectivity index is 2.07. The summed E-state index contributed by atoms with van der Waals surface area (Å²) in [5.41, 5.74) is 1.96. The molecule has 0 amide bonds. The van der Waals surface area contributed by atoms with Gasteiger partial charge in [0.25, 0.3) is 0 Å². The van der Waals surface area contributed by atoms with Crippen molar-refractivity contribution in [1.29, 1.82) is 0 Å². The van der Waals surface area contributed by atoms with Crippen LogP contribution in [0.25, 0.3) is 22.3 Å². The van der Waals surface area contributed by atoms with Crippen LogP contribution < -0.4 is 14.9 Å². The van der Waals surface area contributed by atoms with Gasteiger partial charge in [-0.3, -0.25) is 4.79 Å². The second-order valence-electron chi connectivity index (χ2n) is 7.48. The highest BCUT2D eigenvalue weighted by Gasteiger charge is 2.37. The number of fused-ring (bicyclic) bond motifs is 1. The van der Waals surface area contributed by atoms with E-state index < -0.39 is 0 Å². The second kappa shape index (κ2) is 8.56. The van der Waals surface area contributed by atoms with Crippen molar-refractivity contribution < 1.29 is 19.0 Å². The predicted molar refractivity (Wildman–Crippen MR) is 125 cm³/mol. The quantitative estimate of drug-likeness (QED) is 0.515. The number of likely N-dealkylation sites (tertiary alicyclic amines) is 1. The lowest BCUT2D eigenvalue weighted by molar-refractivity contribution is 0.171. The van der Waals surface area contributed by atoms with Gasteiger partial charge in [0.1, 0.15) is 28.2 Å². The van der Waals surface area contributed by atoms with Crippen LogP contribution >= 0.6 is 22.6 Å². The zero-order valence-electron chi connectivity index (χ0n) is 17.1. The minimum absolute atomic E-state index is 0.0123. The van der Waals surface area contributed by atoms with E-state index in [0.29, 0.717) is 28.2 Å². The Labute approximate surface area is 188 Å². The Hall–Kier alpha value is -2.10. The van der Waals surface area contributed by atoms with E-state index in [9.17, 15) is 9.90 Å². The van der Waals surface area contributed by atoms with Crippen molar-refractivity contribution in [2.45, 2.75) is 18.4 Å². The summed E-state index contributed by atoms with van der Waals surface area (Å²) < 4.78 is 18.6. The lowest BCUT2D eigenvalue weighted by Gasteiger charge is -2.25. The first kappa shape index (κ1) is 21.1. The Morgan fingerprint density at radius 2 is 1.93 bits per heavy atom. The number of aliphatic hydroxyl groups excluding tert-OH is 1. The molecular formula is C23H24INO5. The normalized spacial score (nSPS) is 19.4. The van der Waals surface area contributed by atoms with Crippen LogP contribution in [-0.4, -0.2) is 50.5 Å². The fourth-order valence-electron chi connectivity index (χ4n) is 4.38. The molecule has 30 heavy (non-hydrogen) atoms. The van der Waals surface area contributed by atoms with E-state index >= 15 is 0 Å². The Morgan fingerprint density at radius 1 is 1.20 bits per heavy atom. The van der Waals surface area contributed by atoms with Gasteiger partial charge in [0, 0.05) is 38.8 Å². The average molecular weight is 521 g/mol. The summed E-state index contributed by atoms with van der Waals surface area (Å²) in [5, 5.41) is 10.4. The van der Waals surface area contributed by atoms with Gasteiger partial charge < -0.3 is 23.9 Å². The summed E-state index contributed by atoms with van der Waals surface area (Å²) >= 11 is 2.24. The molecule has 7 heteroatoms. The molecule has 1 fully saturated rings. The molecule has 3 aromatic rings. The maximum atomic E-state index is 13.2. The van der Waals surface area contributed by atoms with E-state index in [1.165, 1.54) is 13.2 Å². The Morgan fingerprint density at radius 3 is 2.60 bits per heavy atom. The molecule has 0 bridgehead atoms. The van der Waals surface area contributed by atoms with Crippen LogP contribution in [0.15, 0.2) is 45.6 Å². The van der Waals surface area contributed by atoms with Crippen molar-refractivity contribution in [3.05, 3.63) is 55.8 Å². The minimum atomic E-state index is -0.168. The molecule has 0 unspecified atom stereocenters. The van der Waals surface area contributed by atoms with Crippen LogP contribution in [0.5, 0.6) is 11.5 Å². The number of rotatable bonds is 5. The largest absolute Gasteiger partial charge is 0.496 e. The molecule has 0 saturated carbocycles. The number of methoxy groups -OCH3 is 2. The highest BCUT2D eigenvalue weighted by Crippen LogP contribution is 2.45. The summed E-state index contributed by atoms with van der Waals surface area (Å²) in [6.45, 7) is 0.853. The van der Waals surface area contributed by atoms with Crippen LogP contribution in [-0.2, 0) is 0 Å². The van der Waals surface area contributed by atoms with Gasteiger partial charge in [-0.15, -0.1) is 0 Å². The predicted octanol–water partition coefficient (Wildman–Crippen LogP) is 3.86. The second-order valence-corrected chi connectivity index (χ2v) is 8.64. The third-order valence-electron chi connectivity index (χ3n) is 5.93. The third kappa shape index (κ3) is 3.48. The molecule has 2 heterocycles. The van der Waals surface area contributed by atoms with Gasteiger partial charge in [-0.25, -0.2) is 0 Å². The molecule has 1 N–H and O–H groups in total. The minimum Gasteiger partial charge on any atom is -0.496 e. The first-order valence-electron chi connectivity index (χ1n) is 9.78. The van der Waals surface area contributed by atoms with Crippen LogP contribution in [0, 0.1) is 3.57 Å². The van der Waals surface area contributed by atoms with Gasteiger partial charge in [0.2, 0.25) is 0 Å². The van der Waals surface area contributed by atoms with Gasteiger partial charge in [-0.1, -0.05) is 18.2 Å². The maximum Gasteiger partial charge on any atom is 0.197 e. The highest BCUT2D eigenvalue weighted by molar-refractivity contribution is 14.1.